The number of hydrogen-bond donors (Lipinski definition) is 4. The lowest BCUT2D eigenvalue weighted by molar-refractivity contribution is -0.150. The summed E-state index contributed by atoms with van der Waals surface area (Å²) >= 11 is 3.55. The number of anilines is 1. The van der Waals surface area contributed by atoms with Crippen molar-refractivity contribution in [3.8, 4) is 0 Å². The molecule has 0 saturated carbocycles. The molecule has 0 radical (unpaired) electrons. The van der Waals surface area contributed by atoms with Crippen molar-refractivity contribution in [1.29, 1.82) is 0 Å². The summed E-state index contributed by atoms with van der Waals surface area (Å²) in [5.41, 5.74) is -0.602. The van der Waals surface area contributed by atoms with Gasteiger partial charge in [-0.15, -0.1) is 34.8 Å². The number of thioether (sulfide) groups is 2. The number of carbonyl (C=O) groups is 5. The molecule has 4 amide bonds. The van der Waals surface area contributed by atoms with Gasteiger partial charge in [0.1, 0.15) is 35.0 Å². The summed E-state index contributed by atoms with van der Waals surface area (Å²) in [7, 11) is 0. The second-order valence-electron chi connectivity index (χ2n) is 10.3. The Labute approximate surface area is 274 Å². The number of carboxylic acid groups (broad SMARTS) is 1. The van der Waals surface area contributed by atoms with Crippen molar-refractivity contribution in [3.63, 3.8) is 0 Å². The largest absolute Gasteiger partial charge is 0.477 e. The number of ether oxygens (including phenoxy) is 1. The number of allylic oxidation sites excluding steroid dienone is 1. The normalized spacial score (nSPS) is 17.8. The van der Waals surface area contributed by atoms with Crippen LogP contribution in [0.5, 0.6) is 0 Å². The summed E-state index contributed by atoms with van der Waals surface area (Å²) in [6.07, 6.45) is 1.38. The van der Waals surface area contributed by atoms with Crippen molar-refractivity contribution in [2.75, 3.05) is 30.0 Å². The molecule has 4 heterocycles. The van der Waals surface area contributed by atoms with Crippen LogP contribution in [-0.2, 0) is 35.3 Å². The Morgan fingerprint density at radius 1 is 1.33 bits per heavy atom. The van der Waals surface area contributed by atoms with Crippen LogP contribution < -0.4 is 16.0 Å². The molecule has 46 heavy (non-hydrogen) atoms. The smallest absolute Gasteiger partial charge is 0.407 e. The van der Waals surface area contributed by atoms with Gasteiger partial charge in [0, 0.05) is 16.9 Å². The fourth-order valence-electron chi connectivity index (χ4n) is 4.02. The van der Waals surface area contributed by atoms with Gasteiger partial charge in [-0.1, -0.05) is 23.0 Å². The molecule has 1 fully saturated rings. The Bertz CT molecular complexity index is 1570. The van der Waals surface area contributed by atoms with Gasteiger partial charge < -0.3 is 30.6 Å². The van der Waals surface area contributed by atoms with E-state index in [2.05, 4.69) is 48.2 Å². The zero-order chi connectivity index (χ0) is 33.4. The summed E-state index contributed by atoms with van der Waals surface area (Å²) < 4.78 is 6.66. The first kappa shape index (κ1) is 34.4. The van der Waals surface area contributed by atoms with Gasteiger partial charge >= 0.3 is 12.1 Å². The molecular formula is C25H30N10O8S3. The van der Waals surface area contributed by atoms with E-state index in [1.165, 1.54) is 33.6 Å². The lowest BCUT2D eigenvalue weighted by atomic mass is 10.0. The Morgan fingerprint density at radius 2 is 2.11 bits per heavy atom. The minimum Gasteiger partial charge on any atom is -0.477 e. The number of oxime groups is 1. The molecular weight excluding hydrogens is 665 g/mol. The predicted molar refractivity (Wildman–Crippen MR) is 167 cm³/mol. The number of nitrogens with one attached hydrogen (secondary N) is 3. The molecule has 0 spiro atoms. The van der Waals surface area contributed by atoms with Crippen LogP contribution in [-0.4, -0.2) is 113 Å². The number of β-lactam (4-membered cyclic amide) rings is 1. The minimum absolute atomic E-state index is 0.00516. The van der Waals surface area contributed by atoms with Gasteiger partial charge in [0.15, 0.2) is 10.8 Å². The minimum atomic E-state index is -1.28. The number of carboxylic acids is 1. The average Bonchev–Trinajstić information content (AvgIpc) is 3.64. The zero-order valence-electron chi connectivity index (χ0n) is 24.8. The number of tetrazole rings is 1. The van der Waals surface area contributed by atoms with Gasteiger partial charge in [0.25, 0.3) is 11.8 Å². The van der Waals surface area contributed by atoms with Gasteiger partial charge in [0.05, 0.1) is 13.1 Å². The van der Waals surface area contributed by atoms with Crippen LogP contribution in [0.2, 0.25) is 0 Å². The van der Waals surface area contributed by atoms with Crippen LogP contribution in [0.15, 0.2) is 39.6 Å². The van der Waals surface area contributed by atoms with Gasteiger partial charge in [-0.3, -0.25) is 19.3 Å². The number of hydrogen-bond acceptors (Lipinski definition) is 15. The molecule has 1 saturated heterocycles. The quantitative estimate of drug-likeness (QED) is 0.0382. The van der Waals surface area contributed by atoms with Gasteiger partial charge in [0.2, 0.25) is 11.6 Å². The van der Waals surface area contributed by atoms with Crippen molar-refractivity contribution in [3.05, 3.63) is 35.0 Å². The predicted octanol–water partition coefficient (Wildman–Crippen LogP) is 0.660. The molecule has 2 atom stereocenters. The maximum absolute atomic E-state index is 13.4. The van der Waals surface area contributed by atoms with Gasteiger partial charge in [-0.2, -0.15) is 0 Å². The van der Waals surface area contributed by atoms with E-state index in [4.69, 9.17) is 9.57 Å². The van der Waals surface area contributed by atoms with Crippen molar-refractivity contribution >= 4 is 76.0 Å². The number of aromatic nitrogens is 5. The molecule has 2 aliphatic rings. The monoisotopic (exact) mass is 694 g/mol. The van der Waals surface area contributed by atoms with Crippen LogP contribution in [0.4, 0.5) is 9.93 Å². The van der Waals surface area contributed by atoms with Crippen LogP contribution in [0.3, 0.4) is 0 Å². The highest BCUT2D eigenvalue weighted by atomic mass is 32.2. The topological polar surface area (TPSA) is 232 Å². The summed E-state index contributed by atoms with van der Waals surface area (Å²) in [6, 6.07) is -1.06. The van der Waals surface area contributed by atoms with Gasteiger partial charge in [-0.05, 0) is 36.8 Å². The van der Waals surface area contributed by atoms with Crippen molar-refractivity contribution in [1.82, 2.24) is 40.7 Å². The Hall–Kier alpha value is -4.50. The maximum atomic E-state index is 13.4. The number of alkyl carbamates (subject to hydrolysis) is 1. The van der Waals surface area contributed by atoms with Crippen molar-refractivity contribution in [2.24, 2.45) is 5.16 Å². The second kappa shape index (κ2) is 15.2. The molecule has 0 aromatic carbocycles. The lowest BCUT2D eigenvalue weighted by Crippen LogP contribution is -2.71. The number of rotatable bonds is 15. The van der Waals surface area contributed by atoms with E-state index in [9.17, 15) is 29.1 Å². The number of fused-ring (bicyclic) bond motifs is 1. The number of thiazole rings is 1. The molecule has 0 aliphatic carbocycles. The summed E-state index contributed by atoms with van der Waals surface area (Å²) in [4.78, 5) is 72.1. The average molecular weight is 695 g/mol. The SMILES string of the molecule is C=CCn1nnnc1SCC1=C(C(=O)O)N2C(=O)C(NC(=O)C(=NOCCNC(=O)OC(C)(C)C)c3csc(NC=O)n3)[C@@H]2SC1. The third-order valence-electron chi connectivity index (χ3n) is 5.87. The molecule has 2 aromatic heterocycles. The van der Waals surface area contributed by atoms with E-state index >= 15 is 0 Å². The fraction of sp³-hybridized carbons (Fsp3) is 0.440. The van der Waals surface area contributed by atoms with E-state index in [-0.39, 0.29) is 46.9 Å². The highest BCUT2D eigenvalue weighted by Gasteiger charge is 2.54. The van der Waals surface area contributed by atoms with Crippen LogP contribution in [0, 0.1) is 0 Å². The highest BCUT2D eigenvalue weighted by molar-refractivity contribution is 8.01. The Balaban J connectivity index is 1.44. The summed E-state index contributed by atoms with van der Waals surface area (Å²) in [5, 5.41) is 34.2. The molecule has 2 aliphatic heterocycles. The van der Waals surface area contributed by atoms with E-state index in [0.717, 1.165) is 16.2 Å². The standard InChI is InChI=1S/C25H30N10O8S3/c1-5-7-34-23(30-32-33-34)46-10-13-9-44-20-16(19(38)35(20)17(13)21(39)40)29-18(37)15(14-11-45-22(28-14)27-12-36)31-42-8-6-26-24(41)43-25(2,3)4/h5,11-12,16,20H,1,6-10H2,2-4H3,(H,26,41)(H,29,37)(H,39,40)(H,27,28,36)/t16?,20-/m0/s1. The molecule has 1 unspecified atom stereocenters. The first-order valence-corrected chi connectivity index (χ1v) is 16.4. The third kappa shape index (κ3) is 8.40. The van der Waals surface area contributed by atoms with Crippen molar-refractivity contribution < 1.29 is 38.7 Å². The van der Waals surface area contributed by atoms with E-state index in [1.54, 1.807) is 26.8 Å². The summed E-state index contributed by atoms with van der Waals surface area (Å²) in [5.74, 6) is -2.22. The number of nitrogens with zero attached hydrogens (tertiary/aromatic N) is 7. The van der Waals surface area contributed by atoms with E-state index < -0.39 is 40.9 Å². The van der Waals surface area contributed by atoms with Crippen LogP contribution in [0.1, 0.15) is 26.5 Å². The molecule has 4 N–H and O–H groups in total. The van der Waals surface area contributed by atoms with Crippen molar-refractivity contribution in [2.45, 2.75) is 49.5 Å². The zero-order valence-corrected chi connectivity index (χ0v) is 27.2. The molecule has 0 bridgehead atoms. The Morgan fingerprint density at radius 3 is 2.80 bits per heavy atom. The summed E-state index contributed by atoms with van der Waals surface area (Å²) in [6.45, 7) is 9.04. The highest BCUT2D eigenvalue weighted by Crippen LogP contribution is 2.41. The second-order valence-corrected chi connectivity index (χ2v) is 13.2. The van der Waals surface area contributed by atoms with Crippen LogP contribution >= 0.6 is 34.9 Å². The number of carbonyl (C=O) groups excluding carboxylic acids is 4. The fourth-order valence-corrected chi connectivity index (χ4v) is 7.05. The molecule has 2 aromatic rings. The first-order chi connectivity index (χ1) is 21.9. The molecule has 4 rings (SSSR count). The third-order valence-corrected chi connectivity index (χ3v) is 9.03. The molecule has 246 valence electrons. The molecule has 18 nitrogen and oxygen atoms in total. The molecule has 21 heteroatoms. The number of aliphatic carboxylic acids is 1. The van der Waals surface area contributed by atoms with Gasteiger partial charge in [-0.25, -0.2) is 19.3 Å². The maximum Gasteiger partial charge on any atom is 0.407 e. The number of amides is 4. The Kier molecular flexibility index (Phi) is 11.4. The van der Waals surface area contributed by atoms with Crippen LogP contribution in [0.25, 0.3) is 0 Å². The lowest BCUT2D eigenvalue weighted by Gasteiger charge is -2.49. The first-order valence-electron chi connectivity index (χ1n) is 13.5. The van der Waals surface area contributed by atoms with E-state index in [1.807, 2.05) is 0 Å². The van der Waals surface area contributed by atoms with E-state index in [0.29, 0.717) is 23.7 Å².